The van der Waals surface area contributed by atoms with Crippen LogP contribution in [0.3, 0.4) is 0 Å². The second-order valence-corrected chi connectivity index (χ2v) is 14.1. The van der Waals surface area contributed by atoms with Crippen molar-refractivity contribution >= 4 is 17.8 Å². The molecule has 1 unspecified atom stereocenters. The van der Waals surface area contributed by atoms with Crippen LogP contribution in [0, 0.1) is 0 Å². The average molecular weight is 713 g/mol. The normalized spacial score (nSPS) is 12.5. The monoisotopic (exact) mass is 713 g/mol. The molecule has 0 fully saturated rings. The van der Waals surface area contributed by atoms with Gasteiger partial charge in [0.15, 0.2) is 0 Å². The minimum atomic E-state index is -1.16. The third-order valence-electron chi connectivity index (χ3n) is 9.30. The lowest BCUT2D eigenvalue weighted by Crippen LogP contribution is -2.42. The first-order valence-electron chi connectivity index (χ1n) is 21.0. The van der Waals surface area contributed by atoms with Crippen LogP contribution in [0.4, 0.5) is 0 Å². The van der Waals surface area contributed by atoms with Gasteiger partial charge in [0.25, 0.3) is 0 Å². The molecule has 0 heterocycles. The van der Waals surface area contributed by atoms with E-state index in [9.17, 15) is 19.5 Å². The number of carboxylic acid groups (broad SMARTS) is 1. The Bertz CT molecular complexity index is 767. The van der Waals surface area contributed by atoms with Gasteiger partial charge in [-0.2, -0.15) is 0 Å². The van der Waals surface area contributed by atoms with E-state index in [1.807, 2.05) is 6.92 Å². The van der Waals surface area contributed by atoms with Crippen molar-refractivity contribution in [3.05, 3.63) is 0 Å². The number of unbranched alkanes of at least 4 members (excludes halogenated alkanes) is 22. The number of carbonyl (C=O) groups is 3. The number of ether oxygens (including phenoxy) is 3. The van der Waals surface area contributed by atoms with Gasteiger partial charge in [-0.15, -0.1) is 0 Å². The Hall–Kier alpha value is -1.71. The third-order valence-corrected chi connectivity index (χ3v) is 9.30. The number of hydrogen-bond donors (Lipinski definition) is 3. The number of amides is 2. The molecule has 0 saturated carbocycles. The summed E-state index contributed by atoms with van der Waals surface area (Å²) in [4.78, 5) is 36.3. The molecule has 0 aromatic heterocycles. The van der Waals surface area contributed by atoms with Crippen molar-refractivity contribution in [3.8, 4) is 0 Å². The predicted molar refractivity (Wildman–Crippen MR) is 206 cm³/mol. The molecule has 2 amide bonds. The Balaban J connectivity index is 4.38. The molecule has 0 saturated heterocycles. The van der Waals surface area contributed by atoms with E-state index in [0.29, 0.717) is 33.0 Å². The van der Waals surface area contributed by atoms with E-state index in [1.165, 1.54) is 135 Å². The maximum absolute atomic E-state index is 12.6. The van der Waals surface area contributed by atoms with Gasteiger partial charge >= 0.3 is 5.97 Å². The van der Waals surface area contributed by atoms with Crippen molar-refractivity contribution in [2.45, 2.75) is 206 Å². The molecule has 0 bridgehead atoms. The highest BCUT2D eigenvalue weighted by molar-refractivity contribution is 5.84. The maximum Gasteiger partial charge on any atom is 0.326 e. The van der Waals surface area contributed by atoms with E-state index in [-0.39, 0.29) is 37.9 Å². The molecule has 0 aliphatic rings. The fourth-order valence-electron chi connectivity index (χ4n) is 6.04. The summed E-state index contributed by atoms with van der Waals surface area (Å²) in [6.07, 6.45) is 30.9. The first-order valence-corrected chi connectivity index (χ1v) is 21.0. The first kappa shape index (κ1) is 48.3. The molecule has 0 rings (SSSR count). The van der Waals surface area contributed by atoms with Crippen molar-refractivity contribution in [3.63, 3.8) is 0 Å². The molecule has 0 aliphatic carbocycles. The van der Waals surface area contributed by atoms with Gasteiger partial charge in [0.05, 0.1) is 19.3 Å². The number of carboxylic acids is 1. The molecule has 0 aromatic rings. The summed E-state index contributed by atoms with van der Waals surface area (Å²) in [7, 11) is 0. The average Bonchev–Trinajstić information content (AvgIpc) is 3.10. The van der Waals surface area contributed by atoms with Crippen molar-refractivity contribution in [1.29, 1.82) is 0 Å². The zero-order chi connectivity index (χ0) is 36.8. The van der Waals surface area contributed by atoms with Crippen molar-refractivity contribution in [2.24, 2.45) is 0 Å². The van der Waals surface area contributed by atoms with E-state index in [2.05, 4.69) is 24.5 Å². The molecule has 296 valence electrons. The molecular weight excluding hydrogens is 632 g/mol. The lowest BCUT2D eigenvalue weighted by Gasteiger charge is -2.19. The lowest BCUT2D eigenvalue weighted by molar-refractivity contribution is -0.142. The maximum atomic E-state index is 12.6. The van der Waals surface area contributed by atoms with Crippen LogP contribution in [0.15, 0.2) is 0 Å². The summed E-state index contributed by atoms with van der Waals surface area (Å²) in [6, 6.07) is -1.12. The molecular formula is C41H80N2O7. The Morgan fingerprint density at radius 2 is 1.00 bits per heavy atom. The zero-order valence-corrected chi connectivity index (χ0v) is 32.9. The van der Waals surface area contributed by atoms with Gasteiger partial charge in [-0.1, -0.05) is 155 Å². The smallest absolute Gasteiger partial charge is 0.326 e. The molecule has 9 heteroatoms. The van der Waals surface area contributed by atoms with Crippen molar-refractivity contribution < 1.29 is 33.7 Å². The second-order valence-electron chi connectivity index (χ2n) is 14.1. The van der Waals surface area contributed by atoms with Crippen LogP contribution in [-0.4, -0.2) is 74.6 Å². The fourth-order valence-corrected chi connectivity index (χ4v) is 6.04. The minimum Gasteiger partial charge on any atom is -0.480 e. The highest BCUT2D eigenvalue weighted by atomic mass is 16.5. The molecule has 50 heavy (non-hydrogen) atoms. The Morgan fingerprint density at radius 3 is 1.46 bits per heavy atom. The van der Waals surface area contributed by atoms with E-state index in [1.54, 1.807) is 0 Å². The Labute approximate surface area is 307 Å². The van der Waals surface area contributed by atoms with E-state index in [4.69, 9.17) is 14.2 Å². The largest absolute Gasteiger partial charge is 0.480 e. The van der Waals surface area contributed by atoms with Gasteiger partial charge in [-0.05, 0) is 26.2 Å². The van der Waals surface area contributed by atoms with Crippen LogP contribution >= 0.6 is 0 Å². The summed E-state index contributed by atoms with van der Waals surface area (Å²) in [5.74, 6) is -1.82. The summed E-state index contributed by atoms with van der Waals surface area (Å²) in [6.45, 7) is 9.14. The summed E-state index contributed by atoms with van der Waals surface area (Å²) < 4.78 is 17.3. The quantitative estimate of drug-likeness (QED) is 0.0541. The van der Waals surface area contributed by atoms with Crippen LogP contribution in [0.25, 0.3) is 0 Å². The van der Waals surface area contributed by atoms with E-state index in [0.717, 1.165) is 19.3 Å². The fraction of sp³-hybridized carbons (Fsp3) is 0.927. The third kappa shape index (κ3) is 34.7. The number of nitrogens with one attached hydrogen (secondary N) is 2. The highest BCUT2D eigenvalue weighted by Gasteiger charge is 2.21. The number of rotatable bonds is 40. The molecule has 9 nitrogen and oxygen atoms in total. The van der Waals surface area contributed by atoms with Gasteiger partial charge in [-0.3, -0.25) is 9.59 Å². The number of hydrogen-bond acceptors (Lipinski definition) is 6. The summed E-state index contributed by atoms with van der Waals surface area (Å²) in [5, 5.41) is 14.9. The predicted octanol–water partition coefficient (Wildman–Crippen LogP) is 9.68. The van der Waals surface area contributed by atoms with Crippen LogP contribution in [-0.2, 0) is 28.6 Å². The molecule has 0 radical (unpaired) electrons. The van der Waals surface area contributed by atoms with E-state index >= 15 is 0 Å². The van der Waals surface area contributed by atoms with Gasteiger partial charge in [0.2, 0.25) is 11.8 Å². The Kier molecular flexibility index (Phi) is 37.2. The molecule has 3 N–H and O–H groups in total. The van der Waals surface area contributed by atoms with Crippen molar-refractivity contribution in [1.82, 2.24) is 10.6 Å². The highest BCUT2D eigenvalue weighted by Crippen LogP contribution is 2.14. The topological polar surface area (TPSA) is 123 Å². The molecule has 0 aromatic carbocycles. The summed E-state index contributed by atoms with van der Waals surface area (Å²) >= 11 is 0. The van der Waals surface area contributed by atoms with Gasteiger partial charge in [0.1, 0.15) is 6.04 Å². The summed E-state index contributed by atoms with van der Waals surface area (Å²) in [5.41, 5.74) is 0. The standard InChI is InChI=1S/C41H80N2O7/c1-4-7-9-11-13-15-17-19-21-23-25-27-32-49-36-37(50-33-28-26-24-22-20-18-16-14-12-10-8-5-2)35-42-39(44)30-29-38(41(46)47)43-40(45)31-34-48-6-3/h37-38H,4-36H2,1-3H3,(H,42,44)(H,43,45)(H,46,47)/t37?,38-/m0/s1. The van der Waals surface area contributed by atoms with Gasteiger partial charge < -0.3 is 30.0 Å². The first-order chi connectivity index (χ1) is 24.4. The van der Waals surface area contributed by atoms with Crippen LogP contribution < -0.4 is 10.6 Å². The van der Waals surface area contributed by atoms with Crippen molar-refractivity contribution in [2.75, 3.05) is 39.6 Å². The van der Waals surface area contributed by atoms with Crippen LogP contribution in [0.1, 0.15) is 194 Å². The SMILES string of the molecule is CCCCCCCCCCCCCCOCC(CNC(=O)CC[C@H](NC(=O)CCOCC)C(=O)O)OCCCCCCCCCCCCCC. The molecule has 2 atom stereocenters. The van der Waals surface area contributed by atoms with Crippen LogP contribution in [0.5, 0.6) is 0 Å². The number of aliphatic carboxylic acids is 1. The van der Waals surface area contributed by atoms with Gasteiger partial charge in [0, 0.05) is 39.2 Å². The minimum absolute atomic E-state index is 0.00607. The van der Waals surface area contributed by atoms with E-state index < -0.39 is 17.9 Å². The van der Waals surface area contributed by atoms with Crippen LogP contribution in [0.2, 0.25) is 0 Å². The Morgan fingerprint density at radius 1 is 0.540 bits per heavy atom. The second kappa shape index (κ2) is 38.5. The lowest BCUT2D eigenvalue weighted by atomic mass is 10.1. The zero-order valence-electron chi connectivity index (χ0n) is 32.9. The molecule has 0 aliphatic heterocycles. The van der Waals surface area contributed by atoms with Gasteiger partial charge in [-0.25, -0.2) is 4.79 Å². The molecule has 0 spiro atoms. The number of carbonyl (C=O) groups excluding carboxylic acids is 2.